The first-order chi connectivity index (χ1) is 13.0. The van der Waals surface area contributed by atoms with Gasteiger partial charge in [-0.3, -0.25) is 0 Å². The van der Waals surface area contributed by atoms with Crippen LogP contribution in [0.15, 0.2) is 42.1 Å². The molecule has 0 heterocycles. The van der Waals surface area contributed by atoms with Crippen molar-refractivity contribution in [3.05, 3.63) is 48.1 Å². The molecular weight excluding hydrogens is 338 g/mol. The lowest BCUT2D eigenvalue weighted by molar-refractivity contribution is 0.173. The second kappa shape index (κ2) is 10.2. The molecule has 4 heteroatoms. The molecule has 4 nitrogen and oxygen atoms in total. The van der Waals surface area contributed by atoms with Crippen LogP contribution in [0.2, 0.25) is 0 Å². The number of benzene rings is 1. The highest BCUT2D eigenvalue weighted by Gasteiger charge is 2.29. The third-order valence-corrected chi connectivity index (χ3v) is 5.19. The Morgan fingerprint density at radius 2 is 1.70 bits per heavy atom. The lowest BCUT2D eigenvalue weighted by atomic mass is 9.73. The van der Waals surface area contributed by atoms with Crippen molar-refractivity contribution < 1.29 is 14.3 Å². The quantitative estimate of drug-likeness (QED) is 0.219. The lowest BCUT2D eigenvalue weighted by Crippen LogP contribution is -2.16. The number of hydrogen-bond acceptors (Lipinski definition) is 4. The molecule has 0 saturated heterocycles. The molecule has 0 amide bonds. The highest BCUT2D eigenvalue weighted by atomic mass is 16.6. The summed E-state index contributed by atoms with van der Waals surface area (Å²) in [6.45, 7) is 12.3. The maximum Gasteiger partial charge on any atom is 0.161 e. The fourth-order valence-corrected chi connectivity index (χ4v) is 3.89. The summed E-state index contributed by atoms with van der Waals surface area (Å²) in [5.41, 5.74) is 5.00. The Morgan fingerprint density at radius 3 is 2.26 bits per heavy atom. The average molecular weight is 372 g/mol. The number of rotatable bonds is 10. The highest BCUT2D eigenvalue weighted by Crippen LogP contribution is 2.47. The van der Waals surface area contributed by atoms with Crippen molar-refractivity contribution in [1.82, 2.24) is 0 Å². The van der Waals surface area contributed by atoms with E-state index >= 15 is 0 Å². The number of allylic oxidation sites excluding steroid dienone is 1. The van der Waals surface area contributed by atoms with E-state index in [1.807, 2.05) is 6.92 Å². The first-order valence-corrected chi connectivity index (χ1v) is 9.66. The first kappa shape index (κ1) is 21.1. The highest BCUT2D eigenvalue weighted by molar-refractivity contribution is 5.81. The van der Waals surface area contributed by atoms with E-state index in [1.165, 1.54) is 29.5 Å². The maximum absolute atomic E-state index is 5.56. The monoisotopic (exact) mass is 371 g/mol. The van der Waals surface area contributed by atoms with Gasteiger partial charge in [0, 0.05) is 0 Å². The maximum atomic E-state index is 5.56. The van der Waals surface area contributed by atoms with Crippen molar-refractivity contribution in [2.24, 2.45) is 5.16 Å². The number of oxime groups is 1. The number of fused-ring (bicyclic) bond motifs is 1. The van der Waals surface area contributed by atoms with Gasteiger partial charge >= 0.3 is 0 Å². The predicted molar refractivity (Wildman–Crippen MR) is 112 cm³/mol. The van der Waals surface area contributed by atoms with E-state index in [0.717, 1.165) is 36.5 Å². The van der Waals surface area contributed by atoms with Crippen molar-refractivity contribution >= 4 is 5.71 Å². The lowest BCUT2D eigenvalue weighted by Gasteiger charge is -2.33. The van der Waals surface area contributed by atoms with Crippen molar-refractivity contribution in [2.45, 2.75) is 57.8 Å². The van der Waals surface area contributed by atoms with E-state index < -0.39 is 0 Å². The molecule has 0 saturated carbocycles. The Labute approximate surface area is 163 Å². The van der Waals surface area contributed by atoms with E-state index in [2.05, 4.69) is 37.4 Å². The Morgan fingerprint density at radius 1 is 1.11 bits per heavy atom. The minimum atomic E-state index is 0.448. The van der Waals surface area contributed by atoms with Crippen molar-refractivity contribution in [3.63, 3.8) is 0 Å². The second-order valence-electron chi connectivity index (χ2n) is 7.42. The normalized spacial score (nSPS) is 19.2. The molecule has 0 aliphatic heterocycles. The van der Waals surface area contributed by atoms with Gasteiger partial charge in [0.2, 0.25) is 0 Å². The van der Waals surface area contributed by atoms with Crippen LogP contribution >= 0.6 is 0 Å². The van der Waals surface area contributed by atoms with Crippen LogP contribution in [0.25, 0.3) is 0 Å². The fourth-order valence-electron chi connectivity index (χ4n) is 3.89. The van der Waals surface area contributed by atoms with E-state index in [0.29, 0.717) is 18.4 Å². The minimum Gasteiger partial charge on any atom is -0.493 e. The van der Waals surface area contributed by atoms with Crippen LogP contribution in [-0.4, -0.2) is 26.5 Å². The van der Waals surface area contributed by atoms with E-state index in [4.69, 9.17) is 14.3 Å². The molecule has 0 unspecified atom stereocenters. The topological polar surface area (TPSA) is 40.0 Å². The van der Waals surface area contributed by atoms with Gasteiger partial charge in [-0.05, 0) is 81.0 Å². The SMILES string of the molecule is C=CCO/N=C(\C)CC[C@@H]1CC[C@H](CC(=C)C)c2cc(OC)c(OC)cc21. The van der Waals surface area contributed by atoms with Gasteiger partial charge in [0.1, 0.15) is 6.61 Å². The summed E-state index contributed by atoms with van der Waals surface area (Å²) < 4.78 is 11.1. The summed E-state index contributed by atoms with van der Waals surface area (Å²) in [7, 11) is 3.39. The Hall–Kier alpha value is -2.23. The summed E-state index contributed by atoms with van der Waals surface area (Å²) in [5.74, 6) is 2.60. The molecule has 2 atom stereocenters. The van der Waals surface area contributed by atoms with Gasteiger partial charge in [0.15, 0.2) is 11.5 Å². The molecule has 0 aromatic heterocycles. The molecule has 2 rings (SSSR count). The van der Waals surface area contributed by atoms with Crippen LogP contribution in [0.3, 0.4) is 0 Å². The third-order valence-electron chi connectivity index (χ3n) is 5.19. The Kier molecular flexibility index (Phi) is 7.96. The van der Waals surface area contributed by atoms with Gasteiger partial charge < -0.3 is 14.3 Å². The molecular formula is C23H33NO3. The Bertz CT molecular complexity index is 693. The number of ether oxygens (including phenoxy) is 2. The molecule has 0 fully saturated rings. The van der Waals surface area contributed by atoms with Gasteiger partial charge in [-0.15, -0.1) is 6.58 Å². The first-order valence-electron chi connectivity index (χ1n) is 9.66. The smallest absolute Gasteiger partial charge is 0.161 e. The summed E-state index contributed by atoms with van der Waals surface area (Å²) in [5, 5.41) is 4.16. The summed E-state index contributed by atoms with van der Waals surface area (Å²) in [6, 6.07) is 4.34. The zero-order valence-corrected chi connectivity index (χ0v) is 17.2. The molecule has 0 N–H and O–H groups in total. The molecule has 1 aromatic rings. The zero-order valence-electron chi connectivity index (χ0n) is 17.2. The van der Waals surface area contributed by atoms with Crippen LogP contribution in [0.4, 0.5) is 0 Å². The Balaban J connectivity index is 2.25. The van der Waals surface area contributed by atoms with Gasteiger partial charge in [-0.1, -0.05) is 23.4 Å². The van der Waals surface area contributed by atoms with Gasteiger partial charge in [-0.2, -0.15) is 0 Å². The van der Waals surface area contributed by atoms with Gasteiger partial charge in [0.25, 0.3) is 0 Å². The fraction of sp³-hybridized carbons (Fsp3) is 0.522. The standard InChI is InChI=1S/C23H33NO3/c1-7-12-27-24-17(4)8-9-18-10-11-19(13-16(2)3)21-15-23(26-6)22(25-5)14-20(18)21/h7,14-15,18-19H,1-2,8-13H2,3-6H3/b24-17+/t18-,19-/m1/s1. The zero-order chi connectivity index (χ0) is 19.8. The molecule has 0 radical (unpaired) electrons. The summed E-state index contributed by atoms with van der Waals surface area (Å²) in [4.78, 5) is 5.21. The second-order valence-corrected chi connectivity index (χ2v) is 7.42. The van der Waals surface area contributed by atoms with Crippen LogP contribution in [-0.2, 0) is 4.84 Å². The molecule has 0 spiro atoms. The van der Waals surface area contributed by atoms with E-state index in [1.54, 1.807) is 20.3 Å². The molecule has 0 bridgehead atoms. The molecule has 27 heavy (non-hydrogen) atoms. The molecule has 148 valence electrons. The number of hydrogen-bond donors (Lipinski definition) is 0. The molecule has 1 aliphatic rings. The number of nitrogens with zero attached hydrogens (tertiary/aromatic N) is 1. The van der Waals surface area contributed by atoms with Crippen LogP contribution in [0.5, 0.6) is 11.5 Å². The van der Waals surface area contributed by atoms with Crippen molar-refractivity contribution in [3.8, 4) is 11.5 Å². The van der Waals surface area contributed by atoms with Crippen LogP contribution < -0.4 is 9.47 Å². The van der Waals surface area contributed by atoms with Crippen LogP contribution in [0, 0.1) is 0 Å². The van der Waals surface area contributed by atoms with Crippen molar-refractivity contribution in [2.75, 3.05) is 20.8 Å². The molecule has 1 aliphatic carbocycles. The number of methoxy groups -OCH3 is 2. The van der Waals surface area contributed by atoms with Crippen molar-refractivity contribution in [1.29, 1.82) is 0 Å². The van der Waals surface area contributed by atoms with Gasteiger partial charge in [0.05, 0.1) is 19.9 Å². The summed E-state index contributed by atoms with van der Waals surface area (Å²) >= 11 is 0. The van der Waals surface area contributed by atoms with E-state index in [9.17, 15) is 0 Å². The summed E-state index contributed by atoms with van der Waals surface area (Å²) in [6.07, 6.45) is 7.03. The predicted octanol–water partition coefficient (Wildman–Crippen LogP) is 5.99. The average Bonchev–Trinajstić information content (AvgIpc) is 2.66. The minimum absolute atomic E-state index is 0.448. The largest absolute Gasteiger partial charge is 0.493 e. The van der Waals surface area contributed by atoms with Gasteiger partial charge in [-0.25, -0.2) is 0 Å². The molecule has 1 aromatic carbocycles. The third kappa shape index (κ3) is 5.62. The van der Waals surface area contributed by atoms with Crippen LogP contribution in [0.1, 0.15) is 68.9 Å². The van der Waals surface area contributed by atoms with E-state index in [-0.39, 0.29) is 0 Å².